The van der Waals surface area contributed by atoms with E-state index in [0.717, 1.165) is 0 Å². The molecule has 11 heteroatoms. The van der Waals surface area contributed by atoms with Crippen LogP contribution in [0.25, 0.3) is 0 Å². The van der Waals surface area contributed by atoms with E-state index in [-0.39, 0.29) is 17.9 Å². The van der Waals surface area contributed by atoms with Crippen molar-refractivity contribution in [1.82, 2.24) is 5.06 Å². The number of carbonyl (C=O) groups excluding carboxylic acids is 3. The highest BCUT2D eigenvalue weighted by Crippen LogP contribution is 2.26. The highest BCUT2D eigenvalue weighted by atomic mass is 16.8. The van der Waals surface area contributed by atoms with Gasteiger partial charge in [-0.1, -0.05) is 5.06 Å². The quantitative estimate of drug-likeness (QED) is 0.470. The minimum Gasteiger partial charge on any atom is -0.479 e. The van der Waals surface area contributed by atoms with Crippen LogP contribution >= 0.6 is 0 Å². The zero-order valence-electron chi connectivity index (χ0n) is 12.9. The molecular weight excluding hydrogens is 330 g/mol. The zero-order chi connectivity index (χ0) is 18.0. The van der Waals surface area contributed by atoms with Crippen LogP contribution in [0, 0.1) is 0 Å². The normalized spacial score (nSPS) is 33.5. The summed E-state index contributed by atoms with van der Waals surface area (Å²) in [5, 5.41) is 19.5. The van der Waals surface area contributed by atoms with Gasteiger partial charge in [0.05, 0.1) is 6.10 Å². The van der Waals surface area contributed by atoms with Crippen molar-refractivity contribution in [2.75, 3.05) is 7.11 Å². The Morgan fingerprint density at radius 2 is 1.79 bits per heavy atom. The fourth-order valence-electron chi connectivity index (χ4n) is 2.52. The summed E-state index contributed by atoms with van der Waals surface area (Å²) in [4.78, 5) is 50.1. The molecule has 2 saturated heterocycles. The number of aliphatic carboxylic acids is 1. The van der Waals surface area contributed by atoms with Gasteiger partial charge in [0.2, 0.25) is 0 Å². The second-order valence-corrected chi connectivity index (χ2v) is 5.30. The highest BCUT2D eigenvalue weighted by Gasteiger charge is 2.49. The molecule has 134 valence electrons. The zero-order valence-corrected chi connectivity index (χ0v) is 12.9. The summed E-state index contributed by atoms with van der Waals surface area (Å²) < 4.78 is 15.0. The number of aliphatic hydroxyl groups excluding tert-OH is 1. The number of methoxy groups -OCH3 is 1. The Balaban J connectivity index is 2.03. The summed E-state index contributed by atoms with van der Waals surface area (Å²) >= 11 is 0. The molecule has 0 radical (unpaired) electrons. The average Bonchev–Trinajstić information content (AvgIpc) is 2.82. The van der Waals surface area contributed by atoms with Crippen molar-refractivity contribution in [3.8, 4) is 0 Å². The van der Waals surface area contributed by atoms with E-state index in [9.17, 15) is 24.3 Å². The van der Waals surface area contributed by atoms with E-state index in [0.29, 0.717) is 0 Å². The molecule has 2 aliphatic rings. The summed E-state index contributed by atoms with van der Waals surface area (Å²) in [6.07, 6.45) is -8.12. The molecule has 2 amide bonds. The fraction of sp³-hybridized carbons (Fsp3) is 0.692. The SMILES string of the molecule is COC1C(C(=O)O)OC(C)C(OC(=O)ON2C(=O)CCC2=O)C1O. The molecule has 2 N–H and O–H groups in total. The molecule has 0 bridgehead atoms. The van der Waals surface area contributed by atoms with E-state index in [4.69, 9.17) is 19.3 Å². The summed E-state index contributed by atoms with van der Waals surface area (Å²) in [5.74, 6) is -2.72. The van der Waals surface area contributed by atoms with Gasteiger partial charge in [0.25, 0.3) is 11.8 Å². The van der Waals surface area contributed by atoms with Crippen molar-refractivity contribution >= 4 is 23.9 Å². The molecule has 5 atom stereocenters. The topological polar surface area (TPSA) is 149 Å². The average molecular weight is 347 g/mol. The third-order valence-electron chi connectivity index (χ3n) is 3.71. The molecule has 11 nitrogen and oxygen atoms in total. The predicted octanol–water partition coefficient (Wildman–Crippen LogP) is -1.18. The van der Waals surface area contributed by atoms with E-state index in [2.05, 4.69) is 4.84 Å². The first-order valence-electron chi connectivity index (χ1n) is 7.09. The number of amides is 2. The molecule has 2 heterocycles. The number of hydroxylamine groups is 2. The standard InChI is InChI=1S/C13H17NO10/c1-5-9(8(17)10(21-2)11(22-5)12(18)19)23-13(20)24-14-6(15)3-4-7(14)16/h5,8-11,17H,3-4H2,1-2H3,(H,18,19). The lowest BCUT2D eigenvalue weighted by Crippen LogP contribution is -2.60. The Labute approximate surface area is 136 Å². The number of hydrogen-bond acceptors (Lipinski definition) is 9. The maximum atomic E-state index is 11.7. The highest BCUT2D eigenvalue weighted by molar-refractivity contribution is 6.01. The number of carboxylic acid groups (broad SMARTS) is 1. The molecule has 24 heavy (non-hydrogen) atoms. The van der Waals surface area contributed by atoms with Gasteiger partial charge in [-0.3, -0.25) is 14.4 Å². The van der Waals surface area contributed by atoms with Gasteiger partial charge >= 0.3 is 12.1 Å². The molecule has 0 aromatic heterocycles. The van der Waals surface area contributed by atoms with Crippen LogP contribution in [0.15, 0.2) is 0 Å². The van der Waals surface area contributed by atoms with Crippen LogP contribution in [0.4, 0.5) is 4.79 Å². The first-order valence-corrected chi connectivity index (χ1v) is 7.09. The largest absolute Gasteiger partial charge is 0.534 e. The van der Waals surface area contributed by atoms with Gasteiger partial charge < -0.3 is 24.4 Å². The summed E-state index contributed by atoms with van der Waals surface area (Å²) in [5.41, 5.74) is 0. The molecule has 0 aromatic rings. The van der Waals surface area contributed by atoms with E-state index in [1.807, 2.05) is 0 Å². The third-order valence-corrected chi connectivity index (χ3v) is 3.71. The number of carboxylic acids is 1. The number of hydrogen-bond donors (Lipinski definition) is 2. The Morgan fingerprint density at radius 1 is 1.21 bits per heavy atom. The third kappa shape index (κ3) is 3.47. The Kier molecular flexibility index (Phi) is 5.36. The smallest absolute Gasteiger partial charge is 0.479 e. The first-order chi connectivity index (χ1) is 11.3. The summed E-state index contributed by atoms with van der Waals surface area (Å²) in [6, 6.07) is 0. The number of imide groups is 1. The minimum absolute atomic E-state index is 0.0796. The minimum atomic E-state index is -1.52. The molecule has 2 aliphatic heterocycles. The van der Waals surface area contributed by atoms with Gasteiger partial charge in [-0.15, -0.1) is 0 Å². The maximum absolute atomic E-state index is 11.7. The molecule has 0 aromatic carbocycles. The van der Waals surface area contributed by atoms with E-state index in [1.165, 1.54) is 14.0 Å². The first kappa shape index (κ1) is 18.1. The van der Waals surface area contributed by atoms with Crippen molar-refractivity contribution in [2.45, 2.75) is 50.3 Å². The van der Waals surface area contributed by atoms with Crippen molar-refractivity contribution in [2.24, 2.45) is 0 Å². The number of nitrogens with zero attached hydrogens (tertiary/aromatic N) is 1. The number of rotatable bonds is 4. The van der Waals surface area contributed by atoms with E-state index < -0.39 is 54.5 Å². The molecule has 0 aliphatic carbocycles. The lowest BCUT2D eigenvalue weighted by Gasteiger charge is -2.40. The monoisotopic (exact) mass is 347 g/mol. The lowest BCUT2D eigenvalue weighted by molar-refractivity contribution is -0.237. The van der Waals surface area contributed by atoms with Gasteiger partial charge in [-0.05, 0) is 6.92 Å². The van der Waals surface area contributed by atoms with Crippen LogP contribution < -0.4 is 0 Å². The van der Waals surface area contributed by atoms with Crippen LogP contribution in [0.1, 0.15) is 19.8 Å². The van der Waals surface area contributed by atoms with Gasteiger partial charge in [0, 0.05) is 20.0 Å². The van der Waals surface area contributed by atoms with Crippen LogP contribution in [0.5, 0.6) is 0 Å². The second-order valence-electron chi connectivity index (χ2n) is 5.30. The summed E-state index contributed by atoms with van der Waals surface area (Å²) in [7, 11) is 1.17. The molecule has 2 rings (SSSR count). The second kappa shape index (κ2) is 7.11. The van der Waals surface area contributed by atoms with Gasteiger partial charge in [0.1, 0.15) is 12.2 Å². The van der Waals surface area contributed by atoms with Crippen LogP contribution in [0.3, 0.4) is 0 Å². The number of ether oxygens (including phenoxy) is 3. The van der Waals surface area contributed by atoms with Gasteiger partial charge in [-0.25, -0.2) is 9.59 Å². The Morgan fingerprint density at radius 3 is 2.29 bits per heavy atom. The van der Waals surface area contributed by atoms with Crippen molar-refractivity contribution < 1.29 is 48.4 Å². The molecule has 0 saturated carbocycles. The van der Waals surface area contributed by atoms with E-state index in [1.54, 1.807) is 0 Å². The van der Waals surface area contributed by atoms with Crippen molar-refractivity contribution in [3.63, 3.8) is 0 Å². The van der Waals surface area contributed by atoms with Crippen molar-refractivity contribution in [3.05, 3.63) is 0 Å². The molecule has 5 unspecified atom stereocenters. The fourth-order valence-corrected chi connectivity index (χ4v) is 2.52. The van der Waals surface area contributed by atoms with E-state index >= 15 is 0 Å². The Hall–Kier alpha value is -2.24. The number of aliphatic hydroxyl groups is 1. The summed E-state index contributed by atoms with van der Waals surface area (Å²) in [6.45, 7) is 1.38. The van der Waals surface area contributed by atoms with Crippen LogP contribution in [0.2, 0.25) is 0 Å². The Bertz CT molecular complexity index is 533. The lowest BCUT2D eigenvalue weighted by atomic mass is 9.95. The van der Waals surface area contributed by atoms with Gasteiger partial charge in [0.15, 0.2) is 12.2 Å². The predicted molar refractivity (Wildman–Crippen MR) is 71.2 cm³/mol. The van der Waals surface area contributed by atoms with Crippen molar-refractivity contribution in [1.29, 1.82) is 0 Å². The molecule has 2 fully saturated rings. The maximum Gasteiger partial charge on any atom is 0.534 e. The molecule has 0 spiro atoms. The van der Waals surface area contributed by atoms with Crippen LogP contribution in [-0.4, -0.2) is 76.8 Å². The molecular formula is C13H17NO10. The van der Waals surface area contributed by atoms with Gasteiger partial charge in [-0.2, -0.15) is 0 Å². The number of carbonyl (C=O) groups is 4. The van der Waals surface area contributed by atoms with Crippen LogP contribution in [-0.2, 0) is 33.4 Å².